The highest BCUT2D eigenvalue weighted by atomic mass is 32.2. The number of hydrogen-bond donors (Lipinski definition) is 2. The second-order valence-electron chi connectivity index (χ2n) is 8.15. The zero-order valence-electron chi connectivity index (χ0n) is 19.2. The minimum Gasteiger partial charge on any atom is -0.505 e. The van der Waals surface area contributed by atoms with E-state index in [0.717, 1.165) is 17.8 Å². The largest absolute Gasteiger partial charge is 0.505 e. The first-order chi connectivity index (χ1) is 16.8. The molecule has 0 spiro atoms. The summed E-state index contributed by atoms with van der Waals surface area (Å²) in [7, 11) is -2.29. The van der Waals surface area contributed by atoms with Gasteiger partial charge >= 0.3 is 0 Å². The van der Waals surface area contributed by atoms with Gasteiger partial charge in [-0.25, -0.2) is 23.4 Å². The van der Waals surface area contributed by atoms with Gasteiger partial charge in [0.05, 0.1) is 5.69 Å². The average molecular weight is 517 g/mol. The van der Waals surface area contributed by atoms with Crippen LogP contribution >= 0.6 is 11.3 Å². The van der Waals surface area contributed by atoms with E-state index in [9.17, 15) is 18.3 Å². The molecule has 35 heavy (non-hydrogen) atoms. The number of aromatic nitrogens is 6. The summed E-state index contributed by atoms with van der Waals surface area (Å²) in [5, 5.41) is 16.7. The molecule has 5 heterocycles. The fourth-order valence-electron chi connectivity index (χ4n) is 4.17. The molecule has 1 fully saturated rings. The Morgan fingerprint density at radius 2 is 1.89 bits per heavy atom. The van der Waals surface area contributed by atoms with Crippen LogP contribution in [0.4, 0.5) is 5.95 Å². The van der Waals surface area contributed by atoms with E-state index in [4.69, 9.17) is 0 Å². The van der Waals surface area contributed by atoms with Gasteiger partial charge in [0.25, 0.3) is 5.56 Å². The van der Waals surface area contributed by atoms with E-state index in [1.54, 1.807) is 25.5 Å². The van der Waals surface area contributed by atoms with Gasteiger partial charge in [-0.3, -0.25) is 9.48 Å². The van der Waals surface area contributed by atoms with Crippen LogP contribution in [0.15, 0.2) is 33.5 Å². The number of rotatable bonds is 6. The quantitative estimate of drug-likeness (QED) is 0.387. The first-order valence-corrected chi connectivity index (χ1v) is 13.4. The number of anilines is 1. The van der Waals surface area contributed by atoms with Gasteiger partial charge in [0.2, 0.25) is 16.0 Å². The summed E-state index contributed by atoms with van der Waals surface area (Å²) in [4.78, 5) is 30.3. The number of nitrogens with zero attached hydrogens (tertiary/aromatic N) is 7. The lowest BCUT2D eigenvalue weighted by Gasteiger charge is -2.33. The summed E-state index contributed by atoms with van der Waals surface area (Å²) in [6.45, 7) is 3.30. The fourth-order valence-corrected chi connectivity index (χ4v) is 6.90. The Morgan fingerprint density at radius 3 is 2.57 bits per heavy atom. The fraction of sp³-hybridized carbons (Fsp3) is 0.381. The van der Waals surface area contributed by atoms with E-state index in [-0.39, 0.29) is 28.7 Å². The molecule has 4 aromatic heterocycles. The topological polar surface area (TPSA) is 150 Å². The highest BCUT2D eigenvalue weighted by Crippen LogP contribution is 2.40. The van der Waals surface area contributed by atoms with Crippen molar-refractivity contribution in [2.24, 2.45) is 7.05 Å². The first kappa shape index (κ1) is 23.4. The predicted molar refractivity (Wildman–Crippen MR) is 131 cm³/mol. The molecule has 12 nitrogen and oxygen atoms in total. The van der Waals surface area contributed by atoms with Crippen LogP contribution in [0.25, 0.3) is 21.7 Å². The van der Waals surface area contributed by atoms with Crippen LogP contribution in [0.1, 0.15) is 19.0 Å². The first-order valence-electron chi connectivity index (χ1n) is 11.1. The van der Waals surface area contributed by atoms with E-state index >= 15 is 0 Å². The summed E-state index contributed by atoms with van der Waals surface area (Å²) in [5.41, 5.74) is 1.06. The minimum atomic E-state index is -3.96. The van der Waals surface area contributed by atoms with Crippen LogP contribution in [0.3, 0.4) is 0 Å². The highest BCUT2D eigenvalue weighted by molar-refractivity contribution is 7.89. The molecule has 14 heteroatoms. The number of fused-ring (bicyclic) bond motifs is 1. The van der Waals surface area contributed by atoms with E-state index in [1.165, 1.54) is 14.4 Å². The number of piperazine rings is 1. The van der Waals surface area contributed by atoms with Crippen molar-refractivity contribution in [1.82, 2.24) is 34.0 Å². The van der Waals surface area contributed by atoms with Gasteiger partial charge < -0.3 is 15.0 Å². The Hall–Kier alpha value is -3.36. The lowest BCUT2D eigenvalue weighted by molar-refractivity contribution is 0.379. The molecule has 1 aliphatic heterocycles. The van der Waals surface area contributed by atoms with Gasteiger partial charge in [-0.1, -0.05) is 13.3 Å². The van der Waals surface area contributed by atoms with Gasteiger partial charge in [0.15, 0.2) is 17.1 Å². The van der Waals surface area contributed by atoms with Gasteiger partial charge in [-0.15, -0.1) is 11.3 Å². The maximum atomic E-state index is 13.3. The maximum Gasteiger partial charge on any atom is 0.277 e. The van der Waals surface area contributed by atoms with Crippen LogP contribution < -0.4 is 10.5 Å². The number of hydrogen-bond acceptors (Lipinski definition) is 10. The Bertz CT molecular complexity index is 1540. The summed E-state index contributed by atoms with van der Waals surface area (Å²) in [6.07, 6.45) is 4.75. The van der Waals surface area contributed by atoms with E-state index in [2.05, 4.69) is 25.0 Å². The van der Waals surface area contributed by atoms with Gasteiger partial charge in [0, 0.05) is 51.0 Å². The van der Waals surface area contributed by atoms with Crippen LogP contribution in [-0.2, 0) is 23.5 Å². The monoisotopic (exact) mass is 516 g/mol. The van der Waals surface area contributed by atoms with Gasteiger partial charge in [-0.2, -0.15) is 9.40 Å². The SMILES string of the molecule is CCCc1nn(C)c2c(=O)[nH]c(-c3scc(S(=O)(=O)N4CCN(c5ncccn5)CC4)c3O)nc12. The molecule has 0 unspecified atom stereocenters. The van der Waals surface area contributed by atoms with Crippen molar-refractivity contribution < 1.29 is 13.5 Å². The molecular weight excluding hydrogens is 492 g/mol. The van der Waals surface area contributed by atoms with Crippen molar-refractivity contribution in [3.8, 4) is 16.5 Å². The van der Waals surface area contributed by atoms with Crippen LogP contribution in [0, 0.1) is 0 Å². The lowest BCUT2D eigenvalue weighted by atomic mass is 10.2. The molecule has 1 saturated heterocycles. The molecule has 5 rings (SSSR count). The molecule has 0 saturated carbocycles. The third kappa shape index (κ3) is 4.06. The smallest absolute Gasteiger partial charge is 0.277 e. The minimum absolute atomic E-state index is 0.114. The summed E-state index contributed by atoms with van der Waals surface area (Å²) >= 11 is 1.01. The summed E-state index contributed by atoms with van der Waals surface area (Å²) in [6, 6.07) is 1.72. The standard InChI is InChI=1S/C21H24N8O4S2/c1-3-5-13-15-16(27(2)26-13)20(31)25-19(24-15)18-17(30)14(12-34-18)35(32,33)29-10-8-28(9-11-29)21-22-6-4-7-23-21/h4,6-7,12,30H,3,5,8-11H2,1-2H3,(H,24,25,31). The predicted octanol–water partition coefficient (Wildman–Crippen LogP) is 1.34. The van der Waals surface area contributed by atoms with E-state index in [1.807, 2.05) is 11.8 Å². The van der Waals surface area contributed by atoms with Crippen molar-refractivity contribution >= 4 is 38.3 Å². The van der Waals surface area contributed by atoms with E-state index in [0.29, 0.717) is 42.2 Å². The number of thiophene rings is 1. The third-order valence-electron chi connectivity index (χ3n) is 5.89. The van der Waals surface area contributed by atoms with Crippen molar-refractivity contribution in [2.75, 3.05) is 31.1 Å². The molecule has 0 aliphatic carbocycles. The van der Waals surface area contributed by atoms with Crippen LogP contribution in [0.2, 0.25) is 0 Å². The molecule has 1 aliphatic rings. The summed E-state index contributed by atoms with van der Waals surface area (Å²) in [5.74, 6) is 0.239. The molecule has 2 N–H and O–H groups in total. The van der Waals surface area contributed by atoms with Gasteiger partial charge in [0.1, 0.15) is 15.3 Å². The number of nitrogens with one attached hydrogen (secondary N) is 1. The number of sulfonamides is 1. The average Bonchev–Trinajstić information content (AvgIpc) is 3.40. The van der Waals surface area contributed by atoms with Crippen molar-refractivity contribution in [3.05, 3.63) is 39.9 Å². The Labute approximate surface area is 205 Å². The third-order valence-corrected chi connectivity index (χ3v) is 8.93. The normalized spacial score (nSPS) is 15.2. The summed E-state index contributed by atoms with van der Waals surface area (Å²) < 4.78 is 29.5. The second kappa shape index (κ2) is 9.02. The lowest BCUT2D eigenvalue weighted by Crippen LogP contribution is -2.49. The number of aryl methyl sites for hydroxylation is 2. The Kier molecular flexibility index (Phi) is 6.02. The van der Waals surface area contributed by atoms with Crippen molar-refractivity contribution in [2.45, 2.75) is 24.7 Å². The number of H-pyrrole nitrogens is 1. The zero-order valence-corrected chi connectivity index (χ0v) is 20.8. The molecule has 0 atom stereocenters. The number of aromatic amines is 1. The second-order valence-corrected chi connectivity index (χ2v) is 10.9. The van der Waals surface area contributed by atoms with Gasteiger partial charge in [-0.05, 0) is 12.5 Å². The molecule has 0 aromatic carbocycles. The molecule has 184 valence electrons. The zero-order chi connectivity index (χ0) is 24.7. The Balaban J connectivity index is 1.44. The molecule has 0 amide bonds. The van der Waals surface area contributed by atoms with Crippen LogP contribution in [-0.4, -0.2) is 73.7 Å². The van der Waals surface area contributed by atoms with E-state index < -0.39 is 21.3 Å². The Morgan fingerprint density at radius 1 is 1.17 bits per heavy atom. The van der Waals surface area contributed by atoms with Crippen molar-refractivity contribution in [3.63, 3.8) is 0 Å². The molecular formula is C21H24N8O4S2. The highest BCUT2D eigenvalue weighted by Gasteiger charge is 2.33. The van der Waals surface area contributed by atoms with Crippen molar-refractivity contribution in [1.29, 1.82) is 0 Å². The molecule has 0 bridgehead atoms. The maximum absolute atomic E-state index is 13.3. The molecule has 0 radical (unpaired) electrons. The number of aromatic hydroxyl groups is 1. The molecule has 4 aromatic rings. The van der Waals surface area contributed by atoms with Crippen LogP contribution in [0.5, 0.6) is 5.75 Å².